The Labute approximate surface area is 203 Å². The molecular weight excluding hydrogens is 432 g/mol. The number of carboxylic acid groups (broad SMARTS) is 2. The Morgan fingerprint density at radius 1 is 0.971 bits per heavy atom. The number of benzene rings is 2. The summed E-state index contributed by atoms with van der Waals surface area (Å²) in [6, 6.07) is 21.5. The monoisotopic (exact) mass is 470 g/mol. The summed E-state index contributed by atoms with van der Waals surface area (Å²) in [7, 11) is 1.89. The number of rotatable bonds is 10. The van der Waals surface area contributed by atoms with Gasteiger partial charge in [-0.1, -0.05) is 56.2 Å². The number of para-hydroxylation sites is 2. The molecule has 0 spiro atoms. The summed E-state index contributed by atoms with van der Waals surface area (Å²) < 4.78 is 5.92. The van der Waals surface area contributed by atoms with E-state index in [1.165, 1.54) is 50.1 Å². The van der Waals surface area contributed by atoms with Crippen LogP contribution in [0, 0.1) is 5.92 Å². The van der Waals surface area contributed by atoms with Crippen molar-refractivity contribution in [3.05, 3.63) is 60.7 Å². The van der Waals surface area contributed by atoms with Gasteiger partial charge in [0.2, 0.25) is 0 Å². The number of carboxylic acids is 2. The molecule has 186 valence electrons. The second-order valence-electron chi connectivity index (χ2n) is 8.55. The van der Waals surface area contributed by atoms with Crippen molar-refractivity contribution < 1.29 is 24.5 Å². The molecule has 0 saturated carbocycles. The lowest BCUT2D eigenvalue weighted by molar-refractivity contribution is -0.159. The number of methoxy groups -OCH3 is 1. The number of likely N-dealkylation sites (tertiary alicyclic amines) is 1. The number of unbranched alkanes of at least 4 members (excludes halogenated alkanes) is 2. The Bertz CT molecular complexity index is 795. The molecule has 7 heteroatoms. The van der Waals surface area contributed by atoms with Gasteiger partial charge < -0.3 is 24.7 Å². The SMILES string of the molecule is CCCCCN1CCC(CCN(c2ccccc2)c2ccccc2)C(OC)C1.O=C(O)C(=O)O. The minimum absolute atomic E-state index is 0.351. The van der Waals surface area contributed by atoms with Crippen LogP contribution >= 0.6 is 0 Å². The summed E-state index contributed by atoms with van der Waals surface area (Å²) in [5.74, 6) is -3.02. The first-order chi connectivity index (χ1) is 16.5. The molecule has 1 fully saturated rings. The predicted molar refractivity (Wildman–Crippen MR) is 135 cm³/mol. The smallest absolute Gasteiger partial charge is 0.414 e. The van der Waals surface area contributed by atoms with Crippen LogP contribution in [0.1, 0.15) is 39.0 Å². The third-order valence-corrected chi connectivity index (χ3v) is 6.20. The van der Waals surface area contributed by atoms with Gasteiger partial charge in [0, 0.05) is 31.6 Å². The van der Waals surface area contributed by atoms with Gasteiger partial charge in [-0.15, -0.1) is 0 Å². The van der Waals surface area contributed by atoms with Crippen molar-refractivity contribution in [1.29, 1.82) is 0 Å². The molecule has 0 aliphatic carbocycles. The van der Waals surface area contributed by atoms with E-state index in [1.54, 1.807) is 0 Å². The fraction of sp³-hybridized carbons (Fsp3) is 0.481. The fourth-order valence-corrected chi connectivity index (χ4v) is 4.33. The van der Waals surface area contributed by atoms with Crippen LogP contribution in [-0.2, 0) is 14.3 Å². The summed E-state index contributed by atoms with van der Waals surface area (Å²) in [6.45, 7) is 6.82. The Balaban J connectivity index is 0.000000604. The van der Waals surface area contributed by atoms with Crippen molar-refractivity contribution in [1.82, 2.24) is 4.90 Å². The van der Waals surface area contributed by atoms with E-state index in [4.69, 9.17) is 24.5 Å². The standard InChI is InChI=1S/C25H36N2O.C2H2O4/c1-3-4-11-18-26-19-16-22(25(21-26)28-2)17-20-27(23-12-7-5-8-13-23)24-14-9-6-10-15-24;3-1(4)2(5)6/h5-10,12-15,22,25H,3-4,11,16-21H2,1-2H3;(H,3,4)(H,5,6). The van der Waals surface area contributed by atoms with Gasteiger partial charge in [-0.2, -0.15) is 0 Å². The highest BCUT2D eigenvalue weighted by Crippen LogP contribution is 2.29. The number of anilines is 2. The molecule has 2 unspecified atom stereocenters. The van der Waals surface area contributed by atoms with Gasteiger partial charge in [-0.3, -0.25) is 0 Å². The average Bonchev–Trinajstić information content (AvgIpc) is 2.86. The molecule has 3 rings (SSSR count). The molecule has 1 saturated heterocycles. The average molecular weight is 471 g/mol. The molecule has 2 N–H and O–H groups in total. The highest BCUT2D eigenvalue weighted by atomic mass is 16.5. The lowest BCUT2D eigenvalue weighted by Crippen LogP contribution is -2.45. The zero-order valence-electron chi connectivity index (χ0n) is 20.3. The van der Waals surface area contributed by atoms with Crippen LogP contribution in [0.5, 0.6) is 0 Å². The van der Waals surface area contributed by atoms with E-state index in [9.17, 15) is 0 Å². The molecule has 2 aromatic carbocycles. The van der Waals surface area contributed by atoms with Crippen molar-refractivity contribution in [2.24, 2.45) is 5.92 Å². The zero-order valence-corrected chi connectivity index (χ0v) is 20.3. The molecular formula is C27H38N2O5. The molecule has 1 heterocycles. The molecule has 7 nitrogen and oxygen atoms in total. The molecule has 1 aliphatic heterocycles. The summed E-state index contributed by atoms with van der Waals surface area (Å²) in [5, 5.41) is 14.8. The molecule has 0 bridgehead atoms. The third kappa shape index (κ3) is 9.15. The van der Waals surface area contributed by atoms with E-state index in [2.05, 4.69) is 77.4 Å². The number of piperidine rings is 1. The maximum Gasteiger partial charge on any atom is 0.414 e. The highest BCUT2D eigenvalue weighted by molar-refractivity contribution is 6.27. The van der Waals surface area contributed by atoms with Crippen LogP contribution in [0.15, 0.2) is 60.7 Å². The van der Waals surface area contributed by atoms with Crippen LogP contribution in [0.2, 0.25) is 0 Å². The first-order valence-electron chi connectivity index (χ1n) is 12.0. The number of ether oxygens (including phenoxy) is 1. The van der Waals surface area contributed by atoms with E-state index in [-0.39, 0.29) is 0 Å². The van der Waals surface area contributed by atoms with E-state index in [0.29, 0.717) is 12.0 Å². The molecule has 1 aliphatic rings. The molecule has 0 radical (unpaired) electrons. The largest absolute Gasteiger partial charge is 0.473 e. The van der Waals surface area contributed by atoms with Crippen LogP contribution in [0.3, 0.4) is 0 Å². The second kappa shape index (κ2) is 15.1. The van der Waals surface area contributed by atoms with Crippen LogP contribution < -0.4 is 4.90 Å². The van der Waals surface area contributed by atoms with Crippen LogP contribution in [0.25, 0.3) is 0 Å². The molecule has 2 aromatic rings. The lowest BCUT2D eigenvalue weighted by atomic mass is 9.90. The number of hydrogen-bond acceptors (Lipinski definition) is 5. The maximum atomic E-state index is 9.10. The summed E-state index contributed by atoms with van der Waals surface area (Å²) >= 11 is 0. The topological polar surface area (TPSA) is 90.3 Å². The minimum atomic E-state index is -1.82. The number of carbonyl (C=O) groups is 2. The Morgan fingerprint density at radius 3 is 2.00 bits per heavy atom. The maximum absolute atomic E-state index is 9.10. The normalized spacial score (nSPS) is 17.9. The first kappa shape index (κ1) is 27.3. The van der Waals surface area contributed by atoms with Gasteiger partial charge in [0.1, 0.15) is 0 Å². The Morgan fingerprint density at radius 2 is 1.53 bits per heavy atom. The first-order valence-corrected chi connectivity index (χ1v) is 12.0. The van der Waals surface area contributed by atoms with Gasteiger partial charge in [0.15, 0.2) is 0 Å². The summed E-state index contributed by atoms with van der Waals surface area (Å²) in [6.07, 6.45) is 6.68. The predicted octanol–water partition coefficient (Wildman–Crippen LogP) is 4.90. The van der Waals surface area contributed by atoms with E-state index < -0.39 is 11.9 Å². The van der Waals surface area contributed by atoms with Crippen molar-refractivity contribution in [3.8, 4) is 0 Å². The Hall–Kier alpha value is -2.90. The third-order valence-electron chi connectivity index (χ3n) is 6.20. The summed E-state index contributed by atoms with van der Waals surface area (Å²) in [5.41, 5.74) is 2.53. The quantitative estimate of drug-likeness (QED) is 0.377. The van der Waals surface area contributed by atoms with Gasteiger partial charge in [-0.25, -0.2) is 9.59 Å². The van der Waals surface area contributed by atoms with Crippen molar-refractivity contribution in [2.45, 2.75) is 45.1 Å². The fourth-order valence-electron chi connectivity index (χ4n) is 4.33. The summed E-state index contributed by atoms with van der Waals surface area (Å²) in [4.78, 5) is 23.2. The van der Waals surface area contributed by atoms with Gasteiger partial charge in [0.05, 0.1) is 6.10 Å². The zero-order chi connectivity index (χ0) is 24.8. The van der Waals surface area contributed by atoms with Crippen molar-refractivity contribution >= 4 is 23.3 Å². The highest BCUT2D eigenvalue weighted by Gasteiger charge is 2.29. The number of aliphatic carboxylic acids is 2. The van der Waals surface area contributed by atoms with Crippen molar-refractivity contribution in [2.75, 3.05) is 38.2 Å². The van der Waals surface area contributed by atoms with Gasteiger partial charge >= 0.3 is 11.9 Å². The Kier molecular flexibility index (Phi) is 12.1. The van der Waals surface area contributed by atoms with Crippen LogP contribution in [-0.4, -0.2) is 66.4 Å². The molecule has 0 aromatic heterocycles. The van der Waals surface area contributed by atoms with Gasteiger partial charge in [-0.05, 0) is 62.5 Å². The van der Waals surface area contributed by atoms with Gasteiger partial charge in [0.25, 0.3) is 0 Å². The molecule has 2 atom stereocenters. The number of hydrogen-bond donors (Lipinski definition) is 2. The van der Waals surface area contributed by atoms with Crippen LogP contribution in [0.4, 0.5) is 11.4 Å². The second-order valence-corrected chi connectivity index (χ2v) is 8.55. The van der Waals surface area contributed by atoms with Crippen molar-refractivity contribution in [3.63, 3.8) is 0 Å². The van der Waals surface area contributed by atoms with E-state index in [1.807, 2.05) is 7.11 Å². The lowest BCUT2D eigenvalue weighted by Gasteiger charge is -2.39. The minimum Gasteiger partial charge on any atom is -0.473 e. The molecule has 0 amide bonds. The number of nitrogens with zero attached hydrogens (tertiary/aromatic N) is 2. The van der Waals surface area contributed by atoms with E-state index >= 15 is 0 Å². The molecule has 34 heavy (non-hydrogen) atoms. The van der Waals surface area contributed by atoms with E-state index in [0.717, 1.165) is 19.5 Å².